The Labute approximate surface area is 118 Å². The molecule has 0 saturated carbocycles. The van der Waals surface area contributed by atoms with E-state index in [1.54, 1.807) is 29.0 Å². The van der Waals surface area contributed by atoms with Gasteiger partial charge in [0.25, 0.3) is 0 Å². The number of amides is 1. The third-order valence-corrected chi connectivity index (χ3v) is 4.33. The molecule has 0 unspecified atom stereocenters. The van der Waals surface area contributed by atoms with Crippen LogP contribution in [0.25, 0.3) is 0 Å². The summed E-state index contributed by atoms with van der Waals surface area (Å²) in [6, 6.07) is 4.63. The number of nitrogens with two attached hydrogens (primary N) is 2. The van der Waals surface area contributed by atoms with Crippen LogP contribution < -0.4 is 15.8 Å². The van der Waals surface area contributed by atoms with Crippen LogP contribution in [0.3, 0.4) is 0 Å². The number of para-hydroxylation sites is 1. The molecule has 1 aromatic rings. The van der Waals surface area contributed by atoms with Crippen molar-refractivity contribution < 1.29 is 13.2 Å². The molecular weight excluding hydrogens is 280 g/mol. The topological polar surface area (TPSA) is 110 Å². The minimum absolute atomic E-state index is 0.0251. The van der Waals surface area contributed by atoms with Gasteiger partial charge in [-0.15, -0.1) is 0 Å². The summed E-state index contributed by atoms with van der Waals surface area (Å²) in [5.74, 6) is -0.0251. The number of nitrogen functional groups attached to an aromatic ring is 1. The molecule has 0 spiro atoms. The lowest BCUT2D eigenvalue weighted by Crippen LogP contribution is -2.34. The zero-order chi connectivity index (χ0) is 14.9. The van der Waals surface area contributed by atoms with Crippen LogP contribution in [0.5, 0.6) is 0 Å². The fraction of sp³-hybridized carbons (Fsp3) is 0.417. The van der Waals surface area contributed by atoms with Crippen LogP contribution in [0.2, 0.25) is 0 Å². The number of primary sulfonamides is 1. The summed E-state index contributed by atoms with van der Waals surface area (Å²) in [6.45, 7) is 1.48. The molecule has 0 aromatic heterocycles. The van der Waals surface area contributed by atoms with E-state index in [-0.39, 0.29) is 23.0 Å². The highest BCUT2D eigenvalue weighted by atomic mass is 32.2. The van der Waals surface area contributed by atoms with Crippen LogP contribution >= 0.6 is 0 Å². The van der Waals surface area contributed by atoms with Crippen LogP contribution in [-0.2, 0) is 14.8 Å². The number of hydrogen-bond donors (Lipinski definition) is 2. The van der Waals surface area contributed by atoms with Crippen LogP contribution in [0, 0.1) is 0 Å². The van der Waals surface area contributed by atoms with Gasteiger partial charge in [-0.25, -0.2) is 13.6 Å². The van der Waals surface area contributed by atoms with Crippen LogP contribution in [0.15, 0.2) is 23.1 Å². The van der Waals surface area contributed by atoms with E-state index in [4.69, 9.17) is 10.9 Å². The maximum atomic E-state index is 11.9. The van der Waals surface area contributed by atoms with Crippen LogP contribution in [0.4, 0.5) is 11.4 Å². The van der Waals surface area contributed by atoms with Crippen molar-refractivity contribution in [1.29, 1.82) is 0 Å². The van der Waals surface area contributed by atoms with Crippen LogP contribution in [-0.4, -0.2) is 45.9 Å². The van der Waals surface area contributed by atoms with Gasteiger partial charge in [0.15, 0.2) is 0 Å². The van der Waals surface area contributed by atoms with Crippen molar-refractivity contribution in [3.63, 3.8) is 0 Å². The second-order valence-electron chi connectivity index (χ2n) is 4.82. The van der Waals surface area contributed by atoms with Gasteiger partial charge in [-0.05, 0) is 18.6 Å². The van der Waals surface area contributed by atoms with Crippen molar-refractivity contribution in [2.45, 2.75) is 11.3 Å². The molecule has 1 saturated heterocycles. The molecule has 1 heterocycles. The van der Waals surface area contributed by atoms with Crippen molar-refractivity contribution in [3.8, 4) is 0 Å². The molecule has 1 aliphatic rings. The Balaban J connectivity index is 2.40. The molecule has 1 fully saturated rings. The van der Waals surface area contributed by atoms with E-state index in [1.165, 1.54) is 6.07 Å². The predicted molar refractivity (Wildman–Crippen MR) is 76.7 cm³/mol. The Kier molecular flexibility index (Phi) is 3.87. The number of benzene rings is 1. The standard InChI is InChI=1S/C12H18N4O3S/c1-15-6-3-7-16(8-11(15)17)9-4-2-5-10(12(9)13)20(14,18)19/h2,4-5H,3,6-8,13H2,1H3,(H2,14,18,19). The molecule has 0 atom stereocenters. The van der Waals surface area contributed by atoms with Crippen molar-refractivity contribution in [1.82, 2.24) is 4.90 Å². The van der Waals surface area contributed by atoms with E-state index in [0.29, 0.717) is 18.8 Å². The van der Waals surface area contributed by atoms with E-state index >= 15 is 0 Å². The fourth-order valence-electron chi connectivity index (χ4n) is 2.25. The zero-order valence-corrected chi connectivity index (χ0v) is 12.1. The van der Waals surface area contributed by atoms with E-state index in [1.807, 2.05) is 0 Å². The maximum absolute atomic E-state index is 11.9. The largest absolute Gasteiger partial charge is 0.396 e. The minimum Gasteiger partial charge on any atom is -0.396 e. The summed E-state index contributed by atoms with van der Waals surface area (Å²) in [5, 5.41) is 5.13. The number of sulfonamides is 1. The number of rotatable bonds is 2. The van der Waals surface area contributed by atoms with Gasteiger partial charge in [-0.3, -0.25) is 4.79 Å². The first-order valence-corrected chi connectivity index (χ1v) is 7.75. The quantitative estimate of drug-likeness (QED) is 0.721. The van der Waals surface area contributed by atoms with E-state index in [0.717, 1.165) is 6.42 Å². The second-order valence-corrected chi connectivity index (χ2v) is 6.35. The number of likely N-dealkylation sites (N-methyl/N-ethyl adjacent to an activating group) is 1. The number of carbonyl (C=O) groups excluding carboxylic acids is 1. The van der Waals surface area contributed by atoms with Crippen molar-refractivity contribution in [2.24, 2.45) is 5.14 Å². The summed E-state index contributed by atoms with van der Waals surface area (Å²) in [6.07, 6.45) is 0.793. The normalized spacial score (nSPS) is 17.2. The Morgan fingerprint density at radius 1 is 1.25 bits per heavy atom. The first-order chi connectivity index (χ1) is 9.30. The average Bonchev–Trinajstić information content (AvgIpc) is 2.51. The van der Waals surface area contributed by atoms with Gasteiger partial charge in [0.1, 0.15) is 4.90 Å². The predicted octanol–water partition coefficient (Wildman–Crippen LogP) is -0.415. The summed E-state index contributed by atoms with van der Waals surface area (Å²) in [4.78, 5) is 15.2. The highest BCUT2D eigenvalue weighted by Crippen LogP contribution is 2.29. The molecule has 0 radical (unpaired) electrons. The molecule has 20 heavy (non-hydrogen) atoms. The molecule has 0 bridgehead atoms. The number of carbonyl (C=O) groups is 1. The summed E-state index contributed by atoms with van der Waals surface area (Å²) in [5.41, 5.74) is 6.52. The molecule has 0 aliphatic carbocycles. The number of hydrogen-bond acceptors (Lipinski definition) is 5. The third-order valence-electron chi connectivity index (χ3n) is 3.36. The Morgan fingerprint density at radius 2 is 1.95 bits per heavy atom. The Hall–Kier alpha value is -1.80. The molecule has 1 amide bonds. The smallest absolute Gasteiger partial charge is 0.241 e. The molecule has 8 heteroatoms. The molecule has 2 rings (SSSR count). The van der Waals surface area contributed by atoms with Gasteiger partial charge < -0.3 is 15.5 Å². The molecule has 1 aromatic carbocycles. The highest BCUT2D eigenvalue weighted by molar-refractivity contribution is 7.89. The first kappa shape index (κ1) is 14.6. The summed E-state index contributed by atoms with van der Waals surface area (Å²) < 4.78 is 23.0. The monoisotopic (exact) mass is 298 g/mol. The van der Waals surface area contributed by atoms with Gasteiger partial charge >= 0.3 is 0 Å². The van der Waals surface area contributed by atoms with E-state index in [9.17, 15) is 13.2 Å². The van der Waals surface area contributed by atoms with Gasteiger partial charge in [0.2, 0.25) is 15.9 Å². The zero-order valence-electron chi connectivity index (χ0n) is 11.2. The third kappa shape index (κ3) is 2.86. The molecule has 110 valence electrons. The van der Waals surface area contributed by atoms with Crippen LogP contribution in [0.1, 0.15) is 6.42 Å². The molecular formula is C12H18N4O3S. The first-order valence-electron chi connectivity index (χ1n) is 6.21. The lowest BCUT2D eigenvalue weighted by atomic mass is 10.2. The van der Waals surface area contributed by atoms with Crippen molar-refractivity contribution in [3.05, 3.63) is 18.2 Å². The highest BCUT2D eigenvalue weighted by Gasteiger charge is 2.23. The molecule has 7 nitrogen and oxygen atoms in total. The lowest BCUT2D eigenvalue weighted by molar-refractivity contribution is -0.127. The SMILES string of the molecule is CN1CCCN(c2cccc(S(N)(=O)=O)c2N)CC1=O. The minimum atomic E-state index is -3.88. The van der Waals surface area contributed by atoms with E-state index < -0.39 is 10.0 Å². The summed E-state index contributed by atoms with van der Waals surface area (Å²) >= 11 is 0. The van der Waals surface area contributed by atoms with Gasteiger partial charge in [-0.1, -0.05) is 6.07 Å². The molecule has 1 aliphatic heterocycles. The average molecular weight is 298 g/mol. The molecule has 4 N–H and O–H groups in total. The Morgan fingerprint density at radius 3 is 2.60 bits per heavy atom. The Bertz CT molecular complexity index is 630. The van der Waals surface area contributed by atoms with Crippen molar-refractivity contribution in [2.75, 3.05) is 37.3 Å². The number of anilines is 2. The fourth-order valence-corrected chi connectivity index (χ4v) is 2.93. The lowest BCUT2D eigenvalue weighted by Gasteiger charge is -2.24. The number of nitrogens with zero attached hydrogens (tertiary/aromatic N) is 2. The van der Waals surface area contributed by atoms with E-state index in [2.05, 4.69) is 0 Å². The maximum Gasteiger partial charge on any atom is 0.241 e. The van der Waals surface area contributed by atoms with Gasteiger partial charge in [0.05, 0.1) is 17.9 Å². The van der Waals surface area contributed by atoms with Crippen molar-refractivity contribution >= 4 is 27.3 Å². The summed E-state index contributed by atoms with van der Waals surface area (Å²) in [7, 11) is -2.13. The second kappa shape index (κ2) is 5.29. The van der Waals surface area contributed by atoms with Gasteiger partial charge in [-0.2, -0.15) is 0 Å². The van der Waals surface area contributed by atoms with Gasteiger partial charge in [0, 0.05) is 20.1 Å².